The number of rotatable bonds is 3. The van der Waals surface area contributed by atoms with Gasteiger partial charge in [-0.3, -0.25) is 19.4 Å². The fraction of sp³-hybridized carbons (Fsp3) is 0.444. The monoisotopic (exact) mass is 375 g/mol. The van der Waals surface area contributed by atoms with E-state index in [4.69, 9.17) is 4.74 Å². The molecular weight excluding hydrogens is 354 g/mol. The highest BCUT2D eigenvalue weighted by molar-refractivity contribution is 8.00. The van der Waals surface area contributed by atoms with Crippen molar-refractivity contribution in [2.24, 2.45) is 0 Å². The number of benzene rings is 1. The molecule has 1 aliphatic carbocycles. The average molecular weight is 375 g/mol. The molecule has 2 aromatic rings. The van der Waals surface area contributed by atoms with E-state index in [2.05, 4.69) is 10.4 Å². The van der Waals surface area contributed by atoms with Crippen LogP contribution in [-0.4, -0.2) is 33.7 Å². The zero-order chi connectivity index (χ0) is 18.3. The van der Waals surface area contributed by atoms with E-state index < -0.39 is 0 Å². The summed E-state index contributed by atoms with van der Waals surface area (Å²) in [6.45, 7) is 0. The fourth-order valence-corrected chi connectivity index (χ4v) is 4.92. The number of anilines is 1. The molecule has 7 nitrogen and oxygen atoms in total. The summed E-state index contributed by atoms with van der Waals surface area (Å²) in [6.07, 6.45) is 4.25. The minimum Gasteiger partial charge on any atom is -0.504 e. The lowest BCUT2D eigenvalue weighted by atomic mass is 10.1. The molecule has 1 amide bonds. The first kappa shape index (κ1) is 17.1. The molecule has 26 heavy (non-hydrogen) atoms. The van der Waals surface area contributed by atoms with Crippen LogP contribution in [0.25, 0.3) is 0 Å². The highest BCUT2D eigenvalue weighted by atomic mass is 32.2. The summed E-state index contributed by atoms with van der Waals surface area (Å²) < 4.78 is 7.05. The molecule has 1 atom stereocenters. The van der Waals surface area contributed by atoms with Crippen LogP contribution in [0.5, 0.6) is 11.5 Å². The molecule has 2 heterocycles. The normalized spacial score (nSPS) is 20.5. The van der Waals surface area contributed by atoms with Crippen LogP contribution in [0.3, 0.4) is 0 Å². The number of amides is 1. The number of hydrogen-bond donors (Lipinski definition) is 3. The lowest BCUT2D eigenvalue weighted by molar-refractivity contribution is -0.113. The number of fused-ring (bicyclic) bond motifs is 1. The molecule has 1 fully saturated rings. The van der Waals surface area contributed by atoms with Crippen LogP contribution in [0.2, 0.25) is 0 Å². The van der Waals surface area contributed by atoms with Gasteiger partial charge in [-0.25, -0.2) is 0 Å². The van der Waals surface area contributed by atoms with Crippen LogP contribution in [-0.2, 0) is 4.79 Å². The minimum absolute atomic E-state index is 0.0433. The van der Waals surface area contributed by atoms with Crippen molar-refractivity contribution in [1.29, 1.82) is 0 Å². The molecule has 0 radical (unpaired) electrons. The van der Waals surface area contributed by atoms with Crippen LogP contribution in [0.4, 0.5) is 5.82 Å². The number of nitrogens with one attached hydrogen (secondary N) is 2. The number of hydrogen-bond acceptors (Lipinski definition) is 5. The molecule has 0 saturated heterocycles. The maximum Gasteiger partial charge on any atom is 0.270 e. The summed E-state index contributed by atoms with van der Waals surface area (Å²) in [6, 6.07) is 5.25. The molecule has 3 N–H and O–H groups in total. The summed E-state index contributed by atoms with van der Waals surface area (Å²) in [5.74, 6) is 1.11. The first-order valence-electron chi connectivity index (χ1n) is 8.71. The summed E-state index contributed by atoms with van der Waals surface area (Å²) in [7, 11) is 1.49. The summed E-state index contributed by atoms with van der Waals surface area (Å²) in [4.78, 5) is 25.0. The highest BCUT2D eigenvalue weighted by Gasteiger charge is 2.33. The zero-order valence-corrected chi connectivity index (χ0v) is 15.3. The predicted octanol–water partition coefficient (Wildman–Crippen LogP) is 2.78. The molecule has 1 aromatic heterocycles. The quantitative estimate of drug-likeness (QED) is 0.767. The molecular formula is C18H21N3O4S. The van der Waals surface area contributed by atoms with Gasteiger partial charge in [0.15, 0.2) is 11.5 Å². The first-order valence-corrected chi connectivity index (χ1v) is 9.76. The molecule has 1 aliphatic heterocycles. The number of ether oxygens (including phenoxy) is 1. The first-order chi connectivity index (χ1) is 12.6. The Morgan fingerprint density at radius 1 is 1.27 bits per heavy atom. The second-order valence-electron chi connectivity index (χ2n) is 6.68. The molecule has 0 unspecified atom stereocenters. The van der Waals surface area contributed by atoms with Crippen molar-refractivity contribution in [3.8, 4) is 11.5 Å². The smallest absolute Gasteiger partial charge is 0.270 e. The number of carbonyl (C=O) groups is 1. The lowest BCUT2D eigenvalue weighted by Crippen LogP contribution is -2.18. The summed E-state index contributed by atoms with van der Waals surface area (Å²) in [5, 5.41) is 15.4. The van der Waals surface area contributed by atoms with Gasteiger partial charge in [0, 0.05) is 0 Å². The Morgan fingerprint density at radius 2 is 2.04 bits per heavy atom. The van der Waals surface area contributed by atoms with Crippen molar-refractivity contribution in [3.05, 3.63) is 39.7 Å². The van der Waals surface area contributed by atoms with Gasteiger partial charge in [0.25, 0.3) is 5.56 Å². The van der Waals surface area contributed by atoms with Crippen LogP contribution in [0, 0.1) is 0 Å². The van der Waals surface area contributed by atoms with Crippen LogP contribution in [0.15, 0.2) is 23.0 Å². The van der Waals surface area contributed by atoms with Gasteiger partial charge in [-0.2, -0.15) is 0 Å². The second kappa shape index (κ2) is 6.75. The SMILES string of the molecule is COc1cc([C@@H]2SCC(=O)Nc3c2c(=O)[nH]n3C2CCCC2)ccc1O. The van der Waals surface area contributed by atoms with Crippen molar-refractivity contribution in [3.63, 3.8) is 0 Å². The number of phenolic OH excluding ortho intramolecular Hbond substituents is 1. The van der Waals surface area contributed by atoms with Crippen molar-refractivity contribution in [1.82, 2.24) is 9.78 Å². The average Bonchev–Trinajstić information content (AvgIpc) is 3.21. The fourth-order valence-electron chi connectivity index (χ4n) is 3.80. The molecule has 0 bridgehead atoms. The number of nitrogens with zero attached hydrogens (tertiary/aromatic N) is 1. The Labute approximate surface area is 154 Å². The van der Waals surface area contributed by atoms with Crippen LogP contribution >= 0.6 is 11.8 Å². The third-order valence-electron chi connectivity index (χ3n) is 5.06. The Kier molecular flexibility index (Phi) is 4.44. The summed E-state index contributed by atoms with van der Waals surface area (Å²) in [5.41, 5.74) is 1.19. The third kappa shape index (κ3) is 2.88. The largest absolute Gasteiger partial charge is 0.504 e. The van der Waals surface area contributed by atoms with Gasteiger partial charge in [0.2, 0.25) is 5.91 Å². The van der Waals surface area contributed by atoms with Crippen molar-refractivity contribution >= 4 is 23.5 Å². The van der Waals surface area contributed by atoms with E-state index in [1.165, 1.54) is 18.9 Å². The Bertz CT molecular complexity index is 898. The molecule has 8 heteroatoms. The van der Waals surface area contributed by atoms with Gasteiger partial charge in [-0.15, -0.1) is 11.8 Å². The highest BCUT2D eigenvalue weighted by Crippen LogP contribution is 2.43. The standard InChI is InChI=1S/C18H21N3O4S/c1-25-13-8-10(6-7-12(13)22)16-15-17(19-14(23)9-26-16)21(20-18(15)24)11-4-2-3-5-11/h6-8,11,16,22H,2-5,9H2,1H3,(H,19,23)(H,20,24)/t16-/m0/s1. The van der Waals surface area contributed by atoms with E-state index in [-0.39, 0.29) is 34.3 Å². The Hall–Kier alpha value is -2.35. The third-order valence-corrected chi connectivity index (χ3v) is 6.33. The molecule has 1 saturated carbocycles. The number of aromatic hydroxyl groups is 1. The Balaban J connectivity index is 1.84. The predicted molar refractivity (Wildman–Crippen MR) is 100 cm³/mol. The van der Waals surface area contributed by atoms with Gasteiger partial charge in [0.1, 0.15) is 5.82 Å². The van der Waals surface area contributed by atoms with E-state index in [0.717, 1.165) is 31.2 Å². The maximum atomic E-state index is 12.8. The Morgan fingerprint density at radius 3 is 2.77 bits per heavy atom. The number of methoxy groups -OCH3 is 1. The number of phenols is 1. The number of H-pyrrole nitrogens is 1. The number of aromatic amines is 1. The van der Waals surface area contributed by atoms with Crippen molar-refractivity contribution < 1.29 is 14.6 Å². The number of carbonyl (C=O) groups excluding carboxylic acids is 1. The molecule has 0 spiro atoms. The van der Waals surface area contributed by atoms with E-state index in [0.29, 0.717) is 17.1 Å². The molecule has 1 aromatic carbocycles. The minimum atomic E-state index is -0.315. The number of aromatic nitrogens is 2. The molecule has 138 valence electrons. The van der Waals surface area contributed by atoms with Gasteiger partial charge < -0.3 is 15.2 Å². The van der Waals surface area contributed by atoms with Crippen molar-refractivity contribution in [2.45, 2.75) is 37.0 Å². The lowest BCUT2D eigenvalue weighted by Gasteiger charge is -2.17. The van der Waals surface area contributed by atoms with E-state index in [9.17, 15) is 14.7 Å². The summed E-state index contributed by atoms with van der Waals surface area (Å²) >= 11 is 1.40. The van der Waals surface area contributed by atoms with Gasteiger partial charge in [-0.1, -0.05) is 18.9 Å². The zero-order valence-electron chi connectivity index (χ0n) is 14.4. The van der Waals surface area contributed by atoms with Crippen molar-refractivity contribution in [2.75, 3.05) is 18.2 Å². The molecule has 2 aliphatic rings. The van der Waals surface area contributed by atoms with Crippen LogP contribution < -0.4 is 15.6 Å². The topological polar surface area (TPSA) is 96.4 Å². The van der Waals surface area contributed by atoms with E-state index in [1.807, 2.05) is 4.68 Å². The van der Waals surface area contributed by atoms with Gasteiger partial charge >= 0.3 is 0 Å². The van der Waals surface area contributed by atoms with Gasteiger partial charge in [0.05, 0.1) is 29.7 Å². The van der Waals surface area contributed by atoms with E-state index in [1.54, 1.807) is 18.2 Å². The second-order valence-corrected chi connectivity index (χ2v) is 7.78. The molecule has 4 rings (SSSR count). The van der Waals surface area contributed by atoms with Gasteiger partial charge in [-0.05, 0) is 30.5 Å². The number of thioether (sulfide) groups is 1. The maximum absolute atomic E-state index is 12.8. The van der Waals surface area contributed by atoms with Crippen LogP contribution in [0.1, 0.15) is 48.1 Å². The van der Waals surface area contributed by atoms with E-state index >= 15 is 0 Å².